The van der Waals surface area contributed by atoms with Gasteiger partial charge in [0.2, 0.25) is 0 Å². The van der Waals surface area contributed by atoms with Gasteiger partial charge in [-0.2, -0.15) is 5.26 Å². The monoisotopic (exact) mass is 662 g/mol. The minimum Gasteiger partial charge on any atom is -0.492 e. The fourth-order valence-corrected chi connectivity index (χ4v) is 6.74. The number of carbonyl (C=O) groups is 1. The zero-order chi connectivity index (χ0) is 34.1. The fourth-order valence-electron chi connectivity index (χ4n) is 5.25. The molecule has 0 saturated carbocycles. The number of nitriles is 1. The molecule has 0 radical (unpaired) electrons. The van der Waals surface area contributed by atoms with Crippen LogP contribution in [0.1, 0.15) is 94.1 Å². The third kappa shape index (κ3) is 13.2. The van der Waals surface area contributed by atoms with Crippen molar-refractivity contribution in [2.45, 2.75) is 95.9 Å². The summed E-state index contributed by atoms with van der Waals surface area (Å²) in [5.41, 5.74) is 0.721. The van der Waals surface area contributed by atoms with E-state index in [-0.39, 0.29) is 13.0 Å². The third-order valence-corrected chi connectivity index (χ3v) is 9.43. The van der Waals surface area contributed by atoms with Crippen molar-refractivity contribution in [2.75, 3.05) is 19.8 Å². The second-order valence-electron chi connectivity index (χ2n) is 13.0. The quantitative estimate of drug-likeness (QED) is 0.0975. The Kier molecular flexibility index (Phi) is 15.5. The molecule has 254 valence electrons. The number of aryl methyl sites for hydroxylation is 1. The van der Waals surface area contributed by atoms with E-state index in [4.69, 9.17) is 14.0 Å². The summed E-state index contributed by atoms with van der Waals surface area (Å²) in [6, 6.07) is 27.1. The molecule has 0 fully saturated rings. The lowest BCUT2D eigenvalue weighted by molar-refractivity contribution is 0.0308. The van der Waals surface area contributed by atoms with Crippen LogP contribution in [0.3, 0.4) is 0 Å². The maximum Gasteiger partial charge on any atom is 0.408 e. The number of benzene rings is 3. The molecule has 1 amide bonds. The topological polar surface area (TPSA) is 118 Å². The van der Waals surface area contributed by atoms with E-state index in [0.29, 0.717) is 30.8 Å². The number of rotatable bonds is 19. The van der Waals surface area contributed by atoms with Gasteiger partial charge in [-0.1, -0.05) is 99.3 Å². The first-order valence-corrected chi connectivity index (χ1v) is 18.0. The Morgan fingerprint density at radius 3 is 2.28 bits per heavy atom. The van der Waals surface area contributed by atoms with E-state index in [2.05, 4.69) is 18.3 Å². The summed E-state index contributed by atoms with van der Waals surface area (Å²) in [7, 11) is -2.72. The molecule has 0 bridgehead atoms. The molecule has 0 aliphatic rings. The summed E-state index contributed by atoms with van der Waals surface area (Å²) in [6.07, 6.45) is 6.03. The lowest BCUT2D eigenvalue weighted by atomic mass is 9.92. The second kappa shape index (κ2) is 19.3. The number of aliphatic hydroxyl groups excluding tert-OH is 1. The molecule has 3 aromatic carbocycles. The first-order chi connectivity index (χ1) is 22.6. The molecule has 0 aliphatic heterocycles. The predicted molar refractivity (Wildman–Crippen MR) is 187 cm³/mol. The number of alkyl carbamates (subject to hydrolysis) is 1. The highest BCUT2D eigenvalue weighted by atomic mass is 31.1. The number of hydrogen-bond acceptors (Lipinski definition) is 7. The van der Waals surface area contributed by atoms with Crippen molar-refractivity contribution in [3.63, 3.8) is 0 Å². The smallest absolute Gasteiger partial charge is 0.408 e. The third-order valence-electron chi connectivity index (χ3n) is 7.89. The van der Waals surface area contributed by atoms with Crippen LogP contribution in [-0.2, 0) is 26.7 Å². The molecule has 3 rings (SSSR count). The van der Waals surface area contributed by atoms with Crippen LogP contribution in [0.25, 0.3) is 0 Å². The van der Waals surface area contributed by atoms with Crippen molar-refractivity contribution in [1.82, 2.24) is 5.32 Å². The molecule has 47 heavy (non-hydrogen) atoms. The average molecular weight is 663 g/mol. The van der Waals surface area contributed by atoms with Crippen molar-refractivity contribution < 1.29 is 28.5 Å². The lowest BCUT2D eigenvalue weighted by Gasteiger charge is -2.34. The summed E-state index contributed by atoms with van der Waals surface area (Å²) in [6.45, 7) is 7.34. The first kappa shape index (κ1) is 37.8. The van der Waals surface area contributed by atoms with Gasteiger partial charge in [0, 0.05) is 0 Å². The van der Waals surface area contributed by atoms with Crippen LogP contribution in [0, 0.1) is 11.3 Å². The number of hydrogen-bond donors (Lipinski definition) is 2. The van der Waals surface area contributed by atoms with Gasteiger partial charge in [-0.15, -0.1) is 0 Å². The Labute approximate surface area is 281 Å². The molecular formula is C38H51N2O6P. The number of aliphatic hydroxyl groups is 1. The van der Waals surface area contributed by atoms with E-state index in [9.17, 15) is 19.7 Å². The number of amides is 1. The highest BCUT2D eigenvalue weighted by molar-refractivity contribution is 7.39. The van der Waals surface area contributed by atoms with Gasteiger partial charge in [0.1, 0.15) is 17.4 Å². The normalized spacial score (nSPS) is 14.0. The molecule has 0 aliphatic carbocycles. The van der Waals surface area contributed by atoms with Gasteiger partial charge in [-0.3, -0.25) is 4.57 Å². The van der Waals surface area contributed by atoms with Crippen LogP contribution >= 0.6 is 8.03 Å². The van der Waals surface area contributed by atoms with Gasteiger partial charge in [0.15, 0.2) is 8.03 Å². The Bertz CT molecular complexity index is 1440. The average Bonchev–Trinajstić information content (AvgIpc) is 3.06. The van der Waals surface area contributed by atoms with Crippen molar-refractivity contribution in [2.24, 2.45) is 0 Å². The van der Waals surface area contributed by atoms with Gasteiger partial charge in [-0.25, -0.2) is 4.79 Å². The van der Waals surface area contributed by atoms with Gasteiger partial charge >= 0.3 is 6.09 Å². The first-order valence-electron chi connectivity index (χ1n) is 16.6. The summed E-state index contributed by atoms with van der Waals surface area (Å²) >= 11 is 0. The number of ether oxygens (including phenoxy) is 2. The summed E-state index contributed by atoms with van der Waals surface area (Å²) < 4.78 is 31.4. The molecule has 0 heterocycles. The number of unbranched alkanes of at least 4 members (excludes halogenated alkanes) is 4. The standard InChI is InChI=1S/C38H51N2O6P/c1-5-6-7-8-15-24-44-34-21-20-31(25-33(34)27-39)22-23-38(28-41,40-36(42)46-37(2,3)4)29-45-47(43)35(32-18-13-10-14-19-32)26-30-16-11-9-12-17-30/h9-14,16-21,25,35,41,47H,5-8,15,22-24,26,28-29H2,1-4H3,(H,40,42). The van der Waals surface area contributed by atoms with Crippen LogP contribution in [0.2, 0.25) is 0 Å². The van der Waals surface area contributed by atoms with Gasteiger partial charge in [0.25, 0.3) is 0 Å². The second-order valence-corrected chi connectivity index (χ2v) is 14.7. The highest BCUT2D eigenvalue weighted by Gasteiger charge is 2.35. The predicted octanol–water partition coefficient (Wildman–Crippen LogP) is 8.57. The highest BCUT2D eigenvalue weighted by Crippen LogP contribution is 2.45. The summed E-state index contributed by atoms with van der Waals surface area (Å²) in [5, 5.41) is 23.4. The molecule has 2 N–H and O–H groups in total. The van der Waals surface area contributed by atoms with Crippen molar-refractivity contribution in [3.05, 3.63) is 101 Å². The van der Waals surface area contributed by atoms with Crippen molar-refractivity contribution in [3.8, 4) is 11.8 Å². The van der Waals surface area contributed by atoms with E-state index in [1.807, 2.05) is 66.7 Å². The maximum absolute atomic E-state index is 13.9. The van der Waals surface area contributed by atoms with Crippen LogP contribution < -0.4 is 10.1 Å². The minimum absolute atomic E-state index is 0.191. The summed E-state index contributed by atoms with van der Waals surface area (Å²) in [4.78, 5) is 13.0. The van der Waals surface area contributed by atoms with Crippen LogP contribution in [-0.4, -0.2) is 42.2 Å². The Hall–Kier alpha value is -3.63. The number of nitrogens with zero attached hydrogens (tertiary/aromatic N) is 1. The Morgan fingerprint density at radius 2 is 1.64 bits per heavy atom. The van der Waals surface area contributed by atoms with Crippen molar-refractivity contribution in [1.29, 1.82) is 5.26 Å². The molecule has 0 spiro atoms. The molecule has 3 aromatic rings. The fraction of sp³-hybridized carbons (Fsp3) is 0.474. The molecule has 9 heteroatoms. The molecule has 0 aromatic heterocycles. The largest absolute Gasteiger partial charge is 0.492 e. The van der Waals surface area contributed by atoms with E-state index in [0.717, 1.165) is 29.5 Å². The zero-order valence-electron chi connectivity index (χ0n) is 28.3. The molecule has 3 atom stereocenters. The van der Waals surface area contributed by atoms with Gasteiger partial charge < -0.3 is 24.4 Å². The number of nitrogens with one attached hydrogen (secondary N) is 1. The maximum atomic E-state index is 13.9. The SMILES string of the molecule is CCCCCCCOc1ccc(CCC(CO)(CO[PH](=O)C(Cc2ccccc2)c2ccccc2)NC(=O)OC(C)(C)C)cc1C#N. The Morgan fingerprint density at radius 1 is 0.957 bits per heavy atom. The molecule has 3 unspecified atom stereocenters. The minimum atomic E-state index is -2.72. The molecule has 8 nitrogen and oxygen atoms in total. The van der Waals surface area contributed by atoms with E-state index in [1.165, 1.54) is 19.3 Å². The number of carbonyl (C=O) groups excluding carboxylic acids is 1. The molecular weight excluding hydrogens is 611 g/mol. The van der Waals surface area contributed by atoms with E-state index >= 15 is 0 Å². The van der Waals surface area contributed by atoms with E-state index < -0.39 is 37.5 Å². The lowest BCUT2D eigenvalue weighted by Crippen LogP contribution is -2.55. The Balaban J connectivity index is 1.77. The van der Waals surface area contributed by atoms with Crippen molar-refractivity contribution >= 4 is 14.1 Å². The van der Waals surface area contributed by atoms with Gasteiger partial charge in [0.05, 0.1) is 36.6 Å². The summed E-state index contributed by atoms with van der Waals surface area (Å²) in [5.74, 6) is 0.541. The zero-order valence-corrected chi connectivity index (χ0v) is 29.3. The van der Waals surface area contributed by atoms with Gasteiger partial charge in [-0.05, 0) is 75.3 Å². The van der Waals surface area contributed by atoms with Crippen LogP contribution in [0.4, 0.5) is 4.79 Å². The van der Waals surface area contributed by atoms with Crippen LogP contribution in [0.15, 0.2) is 78.9 Å². The molecule has 0 saturated heterocycles. The van der Waals surface area contributed by atoms with E-state index in [1.54, 1.807) is 32.9 Å². The van der Waals surface area contributed by atoms with Crippen LogP contribution in [0.5, 0.6) is 5.75 Å².